The van der Waals surface area contributed by atoms with E-state index in [4.69, 9.17) is 10.00 Å². The van der Waals surface area contributed by atoms with Gasteiger partial charge in [-0.1, -0.05) is 0 Å². The first kappa shape index (κ1) is 11.0. The van der Waals surface area contributed by atoms with Crippen LogP contribution in [-0.4, -0.2) is 16.9 Å². The molecular weight excluding hydrogens is 216 g/mol. The van der Waals surface area contributed by atoms with E-state index in [-0.39, 0.29) is 0 Å². The number of benzene rings is 1. The molecule has 0 aliphatic carbocycles. The fourth-order valence-corrected chi connectivity index (χ4v) is 1.47. The lowest BCUT2D eigenvalue weighted by Crippen LogP contribution is -1.96. The smallest absolute Gasteiger partial charge is 0.152 e. The van der Waals surface area contributed by atoms with E-state index in [1.54, 1.807) is 30.0 Å². The van der Waals surface area contributed by atoms with Gasteiger partial charge < -0.3 is 10.1 Å². The van der Waals surface area contributed by atoms with Crippen LogP contribution in [0.3, 0.4) is 0 Å². The van der Waals surface area contributed by atoms with E-state index in [2.05, 4.69) is 16.5 Å². The van der Waals surface area contributed by atoms with E-state index in [1.165, 1.54) is 0 Å². The zero-order chi connectivity index (χ0) is 12.3. The number of nitriles is 1. The Morgan fingerprint density at radius 3 is 2.82 bits per heavy atom. The summed E-state index contributed by atoms with van der Waals surface area (Å²) in [5.74, 6) is 1.39. The van der Waals surface area contributed by atoms with E-state index in [9.17, 15) is 0 Å². The molecule has 5 nitrogen and oxygen atoms in total. The van der Waals surface area contributed by atoms with Crippen LogP contribution in [0.2, 0.25) is 0 Å². The topological polar surface area (TPSA) is 62.9 Å². The van der Waals surface area contributed by atoms with Crippen LogP contribution < -0.4 is 10.1 Å². The highest BCUT2D eigenvalue weighted by molar-refractivity contribution is 5.66. The monoisotopic (exact) mass is 228 g/mol. The van der Waals surface area contributed by atoms with E-state index in [0.29, 0.717) is 22.8 Å². The lowest BCUT2D eigenvalue weighted by molar-refractivity contribution is 0.415. The predicted molar refractivity (Wildman–Crippen MR) is 64.2 cm³/mol. The van der Waals surface area contributed by atoms with Crippen molar-refractivity contribution >= 4 is 11.5 Å². The molecule has 1 aromatic heterocycles. The Kier molecular flexibility index (Phi) is 2.97. The first-order chi connectivity index (χ1) is 8.22. The van der Waals surface area contributed by atoms with Gasteiger partial charge in [0.05, 0.1) is 18.4 Å². The summed E-state index contributed by atoms with van der Waals surface area (Å²) in [5, 5.41) is 16.3. The minimum atomic E-state index is 0.552. The Morgan fingerprint density at radius 1 is 1.41 bits per heavy atom. The van der Waals surface area contributed by atoms with Crippen LogP contribution in [-0.2, 0) is 7.05 Å². The molecule has 2 aromatic rings. The summed E-state index contributed by atoms with van der Waals surface area (Å²) in [5.41, 5.74) is 1.24. The van der Waals surface area contributed by atoms with E-state index < -0.39 is 0 Å². The van der Waals surface area contributed by atoms with Crippen molar-refractivity contribution in [2.75, 3.05) is 12.4 Å². The van der Waals surface area contributed by atoms with Crippen LogP contribution in [0.15, 0.2) is 30.5 Å². The van der Waals surface area contributed by atoms with Gasteiger partial charge in [0.1, 0.15) is 11.8 Å². The SMILES string of the molecule is COc1ccc(C#N)c(Nc2ccn(C)n2)c1. The minimum absolute atomic E-state index is 0.552. The maximum Gasteiger partial charge on any atom is 0.152 e. The number of hydrogen-bond acceptors (Lipinski definition) is 4. The second kappa shape index (κ2) is 4.58. The quantitative estimate of drug-likeness (QED) is 0.873. The van der Waals surface area contributed by atoms with Crippen molar-refractivity contribution in [2.45, 2.75) is 0 Å². The van der Waals surface area contributed by atoms with Crippen molar-refractivity contribution < 1.29 is 4.74 Å². The molecule has 1 aromatic carbocycles. The second-order valence-electron chi connectivity index (χ2n) is 3.52. The minimum Gasteiger partial charge on any atom is -0.497 e. The number of hydrogen-bond donors (Lipinski definition) is 1. The van der Waals surface area contributed by atoms with Crippen LogP contribution in [0, 0.1) is 11.3 Å². The third kappa shape index (κ3) is 2.37. The summed E-state index contributed by atoms with van der Waals surface area (Å²) in [6.45, 7) is 0. The number of methoxy groups -OCH3 is 1. The number of rotatable bonds is 3. The molecular formula is C12H12N4O. The Balaban J connectivity index is 2.33. The number of anilines is 2. The molecule has 0 saturated heterocycles. The van der Waals surface area contributed by atoms with Crippen molar-refractivity contribution in [1.29, 1.82) is 5.26 Å². The fourth-order valence-electron chi connectivity index (χ4n) is 1.47. The molecule has 5 heteroatoms. The Morgan fingerprint density at radius 2 is 2.24 bits per heavy atom. The second-order valence-corrected chi connectivity index (χ2v) is 3.52. The highest BCUT2D eigenvalue weighted by atomic mass is 16.5. The van der Waals surface area contributed by atoms with Crippen molar-refractivity contribution in [1.82, 2.24) is 9.78 Å². The maximum absolute atomic E-state index is 9.01. The first-order valence-electron chi connectivity index (χ1n) is 5.08. The largest absolute Gasteiger partial charge is 0.497 e. The van der Waals surface area contributed by atoms with Crippen LogP contribution >= 0.6 is 0 Å². The number of aryl methyl sites for hydroxylation is 1. The summed E-state index contributed by atoms with van der Waals surface area (Å²) in [4.78, 5) is 0. The first-order valence-corrected chi connectivity index (χ1v) is 5.08. The summed E-state index contributed by atoms with van der Waals surface area (Å²) < 4.78 is 6.81. The van der Waals surface area contributed by atoms with Gasteiger partial charge in [-0.05, 0) is 12.1 Å². The highest BCUT2D eigenvalue weighted by Gasteiger charge is 2.05. The molecule has 1 heterocycles. The molecule has 0 aliphatic heterocycles. The summed E-state index contributed by atoms with van der Waals surface area (Å²) in [6.07, 6.45) is 1.83. The zero-order valence-corrected chi connectivity index (χ0v) is 9.64. The molecule has 0 aliphatic rings. The Bertz CT molecular complexity index is 568. The molecule has 0 fully saturated rings. The maximum atomic E-state index is 9.01. The Hall–Kier alpha value is -2.48. The standard InChI is InChI=1S/C12H12N4O/c1-16-6-5-12(15-16)14-11-7-10(17-2)4-3-9(11)8-13/h3-7H,1-2H3,(H,14,15). The van der Waals surface area contributed by atoms with Gasteiger partial charge in [-0.2, -0.15) is 10.4 Å². The average molecular weight is 228 g/mol. The lowest BCUT2D eigenvalue weighted by Gasteiger charge is -2.07. The summed E-state index contributed by atoms with van der Waals surface area (Å²) in [7, 11) is 3.42. The van der Waals surface area contributed by atoms with Crippen LogP contribution in [0.25, 0.3) is 0 Å². The van der Waals surface area contributed by atoms with Gasteiger partial charge in [0.2, 0.25) is 0 Å². The van der Waals surface area contributed by atoms with E-state index in [1.807, 2.05) is 19.3 Å². The van der Waals surface area contributed by atoms with Gasteiger partial charge in [0.25, 0.3) is 0 Å². The van der Waals surface area contributed by atoms with Gasteiger partial charge >= 0.3 is 0 Å². The normalized spacial score (nSPS) is 9.71. The van der Waals surface area contributed by atoms with E-state index >= 15 is 0 Å². The number of ether oxygens (including phenoxy) is 1. The molecule has 0 radical (unpaired) electrons. The highest BCUT2D eigenvalue weighted by Crippen LogP contribution is 2.24. The van der Waals surface area contributed by atoms with Crippen molar-refractivity contribution in [2.24, 2.45) is 7.05 Å². The Labute approximate surface area is 99.2 Å². The molecule has 0 spiro atoms. The zero-order valence-electron chi connectivity index (χ0n) is 9.64. The molecule has 17 heavy (non-hydrogen) atoms. The fraction of sp³-hybridized carbons (Fsp3) is 0.167. The van der Waals surface area contributed by atoms with Gasteiger partial charge in [-0.15, -0.1) is 0 Å². The van der Waals surface area contributed by atoms with Gasteiger partial charge in [0.15, 0.2) is 5.82 Å². The average Bonchev–Trinajstić information content (AvgIpc) is 2.74. The molecule has 2 rings (SSSR count). The molecule has 0 saturated carbocycles. The van der Waals surface area contributed by atoms with Crippen LogP contribution in [0.5, 0.6) is 5.75 Å². The lowest BCUT2D eigenvalue weighted by atomic mass is 10.2. The molecule has 0 bridgehead atoms. The molecule has 0 amide bonds. The van der Waals surface area contributed by atoms with Crippen LogP contribution in [0.1, 0.15) is 5.56 Å². The number of aromatic nitrogens is 2. The van der Waals surface area contributed by atoms with Gasteiger partial charge in [-0.25, -0.2) is 0 Å². The number of nitrogens with one attached hydrogen (secondary N) is 1. The third-order valence-electron chi connectivity index (χ3n) is 2.32. The predicted octanol–water partition coefficient (Wildman–Crippen LogP) is 2.04. The van der Waals surface area contributed by atoms with E-state index in [0.717, 1.165) is 0 Å². The molecule has 1 N–H and O–H groups in total. The van der Waals surface area contributed by atoms with Gasteiger partial charge in [0, 0.05) is 25.4 Å². The van der Waals surface area contributed by atoms with Gasteiger partial charge in [-0.3, -0.25) is 4.68 Å². The van der Waals surface area contributed by atoms with Crippen molar-refractivity contribution in [3.05, 3.63) is 36.0 Å². The molecule has 86 valence electrons. The summed E-state index contributed by atoms with van der Waals surface area (Å²) in [6, 6.07) is 9.19. The summed E-state index contributed by atoms with van der Waals surface area (Å²) >= 11 is 0. The third-order valence-corrected chi connectivity index (χ3v) is 2.32. The van der Waals surface area contributed by atoms with Crippen LogP contribution in [0.4, 0.5) is 11.5 Å². The van der Waals surface area contributed by atoms with Crippen molar-refractivity contribution in [3.8, 4) is 11.8 Å². The van der Waals surface area contributed by atoms with Crippen molar-refractivity contribution in [3.63, 3.8) is 0 Å². The molecule has 0 unspecified atom stereocenters. The number of nitrogens with zero attached hydrogens (tertiary/aromatic N) is 3. The molecule has 0 atom stereocenters.